The Hall–Kier alpha value is -0.0800. The van der Waals surface area contributed by atoms with Crippen LogP contribution in [-0.4, -0.2) is 36.2 Å². The number of rotatable bonds is 12. The van der Waals surface area contributed by atoms with Crippen LogP contribution in [0.15, 0.2) is 0 Å². The van der Waals surface area contributed by atoms with Crippen LogP contribution in [0.4, 0.5) is 0 Å². The zero-order valence-electron chi connectivity index (χ0n) is 11.4. The number of hydrogen-bond acceptors (Lipinski definition) is 2. The van der Waals surface area contributed by atoms with Gasteiger partial charge in [0, 0.05) is 13.2 Å². The highest BCUT2D eigenvalue weighted by Crippen LogP contribution is 2.07. The second-order valence-corrected chi connectivity index (χ2v) is 4.63. The van der Waals surface area contributed by atoms with Gasteiger partial charge in [-0.15, -0.1) is 0 Å². The van der Waals surface area contributed by atoms with Gasteiger partial charge >= 0.3 is 0 Å². The van der Waals surface area contributed by atoms with E-state index in [4.69, 9.17) is 5.11 Å². The normalized spacial score (nSPS) is 11.2. The molecule has 16 heavy (non-hydrogen) atoms. The number of hydrogen-bond donors (Lipinski definition) is 1. The summed E-state index contributed by atoms with van der Waals surface area (Å²) in [5.41, 5.74) is 0. The smallest absolute Gasteiger partial charge is 0.0443 e. The summed E-state index contributed by atoms with van der Waals surface area (Å²) in [6.07, 6.45) is 10.6. The van der Waals surface area contributed by atoms with E-state index in [0.717, 1.165) is 19.5 Å². The second kappa shape index (κ2) is 13.0. The molecule has 0 atom stereocenters. The summed E-state index contributed by atoms with van der Waals surface area (Å²) in [5.74, 6) is 0. The summed E-state index contributed by atoms with van der Waals surface area (Å²) in [4.78, 5) is 2.45. The molecule has 0 amide bonds. The highest BCUT2D eigenvalue weighted by molar-refractivity contribution is 4.56. The van der Waals surface area contributed by atoms with E-state index in [2.05, 4.69) is 18.7 Å². The summed E-state index contributed by atoms with van der Waals surface area (Å²) >= 11 is 0. The van der Waals surface area contributed by atoms with E-state index in [0.29, 0.717) is 6.61 Å². The van der Waals surface area contributed by atoms with Crippen LogP contribution < -0.4 is 0 Å². The first-order valence-corrected chi connectivity index (χ1v) is 7.18. The zero-order valence-corrected chi connectivity index (χ0v) is 11.4. The fourth-order valence-electron chi connectivity index (χ4n) is 2.01. The Bertz CT molecular complexity index is 128. The van der Waals surface area contributed by atoms with Crippen molar-refractivity contribution >= 4 is 0 Å². The second-order valence-electron chi connectivity index (χ2n) is 4.63. The Morgan fingerprint density at radius 1 is 0.750 bits per heavy atom. The van der Waals surface area contributed by atoms with Crippen molar-refractivity contribution in [3.8, 4) is 0 Å². The monoisotopic (exact) mass is 229 g/mol. The molecular formula is C14H31NO. The van der Waals surface area contributed by atoms with Gasteiger partial charge in [0.1, 0.15) is 0 Å². The Morgan fingerprint density at radius 2 is 1.31 bits per heavy atom. The minimum atomic E-state index is 0.327. The van der Waals surface area contributed by atoms with Crippen LogP contribution in [-0.2, 0) is 0 Å². The van der Waals surface area contributed by atoms with Gasteiger partial charge in [0.2, 0.25) is 0 Å². The molecule has 0 saturated heterocycles. The van der Waals surface area contributed by atoms with Gasteiger partial charge in [-0.1, -0.05) is 52.4 Å². The Labute approximate surface area is 102 Å². The third-order valence-electron chi connectivity index (χ3n) is 3.16. The van der Waals surface area contributed by atoms with Gasteiger partial charge < -0.3 is 10.0 Å². The molecule has 0 rings (SSSR count). The molecule has 0 heterocycles. The van der Waals surface area contributed by atoms with Gasteiger partial charge in [0.15, 0.2) is 0 Å². The van der Waals surface area contributed by atoms with E-state index in [1.165, 1.54) is 51.5 Å². The van der Waals surface area contributed by atoms with E-state index in [1.54, 1.807) is 0 Å². The van der Waals surface area contributed by atoms with E-state index < -0.39 is 0 Å². The van der Waals surface area contributed by atoms with E-state index in [-0.39, 0.29) is 0 Å². The predicted molar refractivity (Wildman–Crippen MR) is 71.8 cm³/mol. The summed E-state index contributed by atoms with van der Waals surface area (Å²) in [7, 11) is 0. The molecule has 0 unspecified atom stereocenters. The van der Waals surface area contributed by atoms with Gasteiger partial charge in [-0.25, -0.2) is 0 Å². The number of aliphatic hydroxyl groups excluding tert-OH is 1. The Balaban J connectivity index is 3.20. The maximum absolute atomic E-state index is 8.78. The van der Waals surface area contributed by atoms with E-state index in [9.17, 15) is 0 Å². The van der Waals surface area contributed by atoms with Gasteiger partial charge in [-0.05, 0) is 25.9 Å². The molecule has 0 saturated carbocycles. The third-order valence-corrected chi connectivity index (χ3v) is 3.16. The fraction of sp³-hybridized carbons (Fsp3) is 1.00. The molecule has 0 aromatic rings. The Morgan fingerprint density at radius 3 is 1.88 bits per heavy atom. The minimum absolute atomic E-state index is 0.327. The molecular weight excluding hydrogens is 198 g/mol. The third kappa shape index (κ3) is 10.4. The van der Waals surface area contributed by atoms with Crippen LogP contribution in [0.5, 0.6) is 0 Å². The van der Waals surface area contributed by atoms with Crippen molar-refractivity contribution in [2.75, 3.05) is 26.2 Å². The quantitative estimate of drug-likeness (QED) is 0.518. The summed E-state index contributed by atoms with van der Waals surface area (Å²) in [5, 5.41) is 8.78. The van der Waals surface area contributed by atoms with Crippen molar-refractivity contribution in [1.29, 1.82) is 0 Å². The van der Waals surface area contributed by atoms with Crippen molar-refractivity contribution in [2.24, 2.45) is 0 Å². The molecule has 0 radical (unpaired) electrons. The molecule has 0 fully saturated rings. The standard InChI is InChI=1S/C14H31NO/c1-3-5-6-7-8-9-10-12-15(4-2)13-11-14-16/h16H,3-14H2,1-2H3. The molecule has 0 aliphatic heterocycles. The molecule has 2 heteroatoms. The molecule has 0 spiro atoms. The summed E-state index contributed by atoms with van der Waals surface area (Å²) < 4.78 is 0. The molecule has 0 aromatic carbocycles. The van der Waals surface area contributed by atoms with Crippen molar-refractivity contribution in [1.82, 2.24) is 4.90 Å². The van der Waals surface area contributed by atoms with Crippen molar-refractivity contribution in [3.63, 3.8) is 0 Å². The zero-order chi connectivity index (χ0) is 12.1. The number of aliphatic hydroxyl groups is 1. The highest BCUT2D eigenvalue weighted by atomic mass is 16.3. The average molecular weight is 229 g/mol. The first-order valence-electron chi connectivity index (χ1n) is 7.18. The van der Waals surface area contributed by atoms with Crippen LogP contribution in [0.25, 0.3) is 0 Å². The van der Waals surface area contributed by atoms with E-state index in [1.807, 2.05) is 0 Å². The van der Waals surface area contributed by atoms with Crippen LogP contribution in [0, 0.1) is 0 Å². The van der Waals surface area contributed by atoms with Gasteiger partial charge in [0.05, 0.1) is 0 Å². The first kappa shape index (κ1) is 15.9. The summed E-state index contributed by atoms with van der Waals surface area (Å²) in [6.45, 7) is 8.19. The van der Waals surface area contributed by atoms with Crippen LogP contribution >= 0.6 is 0 Å². The van der Waals surface area contributed by atoms with Gasteiger partial charge in [0.25, 0.3) is 0 Å². The van der Waals surface area contributed by atoms with Crippen LogP contribution in [0.3, 0.4) is 0 Å². The molecule has 0 bridgehead atoms. The highest BCUT2D eigenvalue weighted by Gasteiger charge is 2.00. The maximum Gasteiger partial charge on any atom is 0.0443 e. The lowest BCUT2D eigenvalue weighted by Gasteiger charge is -2.19. The molecule has 1 N–H and O–H groups in total. The first-order chi connectivity index (χ1) is 7.85. The van der Waals surface area contributed by atoms with Gasteiger partial charge in [-0.3, -0.25) is 0 Å². The molecule has 0 aliphatic rings. The molecule has 98 valence electrons. The lowest BCUT2D eigenvalue weighted by molar-refractivity contribution is 0.227. The van der Waals surface area contributed by atoms with Gasteiger partial charge in [-0.2, -0.15) is 0 Å². The van der Waals surface area contributed by atoms with Crippen LogP contribution in [0.1, 0.15) is 65.2 Å². The molecule has 2 nitrogen and oxygen atoms in total. The van der Waals surface area contributed by atoms with Crippen molar-refractivity contribution < 1.29 is 5.11 Å². The summed E-state index contributed by atoms with van der Waals surface area (Å²) in [6, 6.07) is 0. The largest absolute Gasteiger partial charge is 0.396 e. The predicted octanol–water partition coefficient (Wildman–Crippen LogP) is 3.44. The van der Waals surface area contributed by atoms with E-state index >= 15 is 0 Å². The Kier molecular flexibility index (Phi) is 12.9. The number of nitrogens with zero attached hydrogens (tertiary/aromatic N) is 1. The van der Waals surface area contributed by atoms with Crippen molar-refractivity contribution in [2.45, 2.75) is 65.2 Å². The lowest BCUT2D eigenvalue weighted by Crippen LogP contribution is -2.26. The SMILES string of the molecule is CCCCCCCCCN(CC)CCCO. The number of unbranched alkanes of at least 4 members (excludes halogenated alkanes) is 6. The average Bonchev–Trinajstić information content (AvgIpc) is 2.32. The van der Waals surface area contributed by atoms with Crippen LogP contribution in [0.2, 0.25) is 0 Å². The topological polar surface area (TPSA) is 23.5 Å². The minimum Gasteiger partial charge on any atom is -0.396 e. The van der Waals surface area contributed by atoms with Crippen molar-refractivity contribution in [3.05, 3.63) is 0 Å². The molecule has 0 aliphatic carbocycles. The maximum atomic E-state index is 8.78. The molecule has 0 aromatic heterocycles. The lowest BCUT2D eigenvalue weighted by atomic mass is 10.1. The fourth-order valence-corrected chi connectivity index (χ4v) is 2.01.